The number of nitrogens with one attached hydrogen (secondary N) is 1. The molecule has 0 amide bonds. The number of rotatable bonds is 6. The van der Waals surface area contributed by atoms with E-state index in [-0.39, 0.29) is 0 Å². The summed E-state index contributed by atoms with van der Waals surface area (Å²) in [6, 6.07) is 8.84. The van der Waals surface area contributed by atoms with Crippen LogP contribution in [0.5, 0.6) is 0 Å². The van der Waals surface area contributed by atoms with Crippen molar-refractivity contribution in [2.75, 3.05) is 12.4 Å². The fourth-order valence-electron chi connectivity index (χ4n) is 2.61. The highest BCUT2D eigenvalue weighted by Crippen LogP contribution is 2.23. The van der Waals surface area contributed by atoms with Gasteiger partial charge in [-0.2, -0.15) is 5.10 Å². The second-order valence-corrected chi connectivity index (χ2v) is 5.69. The van der Waals surface area contributed by atoms with E-state index in [1.807, 2.05) is 0 Å². The van der Waals surface area contributed by atoms with Gasteiger partial charge in [0.05, 0.1) is 23.7 Å². The summed E-state index contributed by atoms with van der Waals surface area (Å²) in [6.07, 6.45) is 0. The van der Waals surface area contributed by atoms with Gasteiger partial charge in [-0.25, -0.2) is 0 Å². The first kappa shape index (κ1) is 15.6. The van der Waals surface area contributed by atoms with Gasteiger partial charge in [0.25, 0.3) is 0 Å². The molecular formula is C17H25N3O. The van der Waals surface area contributed by atoms with E-state index in [9.17, 15) is 0 Å². The summed E-state index contributed by atoms with van der Waals surface area (Å²) in [5.74, 6) is 0. The predicted octanol–water partition coefficient (Wildman–Crippen LogP) is 3.84. The molecule has 1 aromatic carbocycles. The molecule has 0 bridgehead atoms. The van der Waals surface area contributed by atoms with Gasteiger partial charge in [0.2, 0.25) is 0 Å². The fourth-order valence-corrected chi connectivity index (χ4v) is 2.61. The zero-order valence-electron chi connectivity index (χ0n) is 13.6. The van der Waals surface area contributed by atoms with Gasteiger partial charge in [0, 0.05) is 19.7 Å². The van der Waals surface area contributed by atoms with E-state index in [1.165, 1.54) is 16.8 Å². The highest BCUT2D eigenvalue weighted by molar-refractivity contribution is 5.52. The first-order valence-corrected chi connectivity index (χ1v) is 7.39. The van der Waals surface area contributed by atoms with Crippen LogP contribution in [0, 0.1) is 13.8 Å². The van der Waals surface area contributed by atoms with Gasteiger partial charge in [0.15, 0.2) is 0 Å². The summed E-state index contributed by atoms with van der Waals surface area (Å²) >= 11 is 0. The Kier molecular flexibility index (Phi) is 5.02. The molecule has 2 rings (SSSR count). The third kappa shape index (κ3) is 3.64. The Labute approximate surface area is 127 Å². The van der Waals surface area contributed by atoms with Crippen LogP contribution in [0.25, 0.3) is 0 Å². The fraction of sp³-hybridized carbons (Fsp3) is 0.471. The number of anilines is 1. The molecule has 0 fully saturated rings. The van der Waals surface area contributed by atoms with Crippen molar-refractivity contribution in [2.45, 2.75) is 46.9 Å². The van der Waals surface area contributed by atoms with E-state index in [2.05, 4.69) is 67.1 Å². The molecule has 0 aliphatic rings. The van der Waals surface area contributed by atoms with Gasteiger partial charge in [-0.15, -0.1) is 0 Å². The lowest BCUT2D eigenvalue weighted by Gasteiger charge is -2.10. The van der Waals surface area contributed by atoms with Crippen molar-refractivity contribution in [2.24, 2.45) is 0 Å². The van der Waals surface area contributed by atoms with E-state index in [0.717, 1.165) is 17.9 Å². The van der Waals surface area contributed by atoms with Crippen LogP contribution in [0.15, 0.2) is 24.3 Å². The quantitative estimate of drug-likeness (QED) is 0.877. The molecule has 2 aromatic rings. The van der Waals surface area contributed by atoms with Crippen molar-refractivity contribution in [3.63, 3.8) is 0 Å². The van der Waals surface area contributed by atoms with Crippen molar-refractivity contribution < 1.29 is 4.74 Å². The van der Waals surface area contributed by atoms with Crippen LogP contribution in [0.4, 0.5) is 5.69 Å². The average molecular weight is 287 g/mol. The third-order valence-electron chi connectivity index (χ3n) is 3.59. The maximum atomic E-state index is 5.18. The first-order chi connectivity index (χ1) is 10.0. The van der Waals surface area contributed by atoms with Crippen molar-refractivity contribution in [1.29, 1.82) is 0 Å². The Bertz CT molecular complexity index is 602. The van der Waals surface area contributed by atoms with E-state index >= 15 is 0 Å². The molecule has 0 aliphatic carbocycles. The van der Waals surface area contributed by atoms with E-state index in [1.54, 1.807) is 7.11 Å². The second-order valence-electron chi connectivity index (χ2n) is 5.69. The molecule has 1 aromatic heterocycles. The maximum Gasteiger partial charge on any atom is 0.0828 e. The SMILES string of the molecule is COCc1cccc(CNc2c(C)nn(C(C)C)c2C)c1. The number of aromatic nitrogens is 2. The summed E-state index contributed by atoms with van der Waals surface area (Å²) in [7, 11) is 1.72. The molecule has 0 saturated carbocycles. The number of aryl methyl sites for hydroxylation is 1. The molecule has 0 aliphatic heterocycles. The lowest BCUT2D eigenvalue weighted by atomic mass is 10.1. The number of ether oxygens (including phenoxy) is 1. The van der Waals surface area contributed by atoms with Crippen LogP contribution in [0.3, 0.4) is 0 Å². The van der Waals surface area contributed by atoms with Crippen molar-refractivity contribution in [1.82, 2.24) is 9.78 Å². The van der Waals surface area contributed by atoms with Gasteiger partial charge in [-0.05, 0) is 38.8 Å². The summed E-state index contributed by atoms with van der Waals surface area (Å²) in [4.78, 5) is 0. The maximum absolute atomic E-state index is 5.18. The van der Waals surface area contributed by atoms with Gasteiger partial charge < -0.3 is 10.1 Å². The van der Waals surface area contributed by atoms with Gasteiger partial charge >= 0.3 is 0 Å². The van der Waals surface area contributed by atoms with Crippen molar-refractivity contribution >= 4 is 5.69 Å². The lowest BCUT2D eigenvalue weighted by molar-refractivity contribution is 0.185. The minimum atomic E-state index is 0.379. The van der Waals surface area contributed by atoms with Crippen molar-refractivity contribution in [3.05, 3.63) is 46.8 Å². The molecule has 1 heterocycles. The number of benzene rings is 1. The highest BCUT2D eigenvalue weighted by atomic mass is 16.5. The highest BCUT2D eigenvalue weighted by Gasteiger charge is 2.12. The first-order valence-electron chi connectivity index (χ1n) is 7.39. The summed E-state index contributed by atoms with van der Waals surface area (Å²) < 4.78 is 7.25. The van der Waals surface area contributed by atoms with Crippen LogP contribution < -0.4 is 5.32 Å². The minimum Gasteiger partial charge on any atom is -0.380 e. The predicted molar refractivity (Wildman–Crippen MR) is 86.6 cm³/mol. The van der Waals surface area contributed by atoms with E-state index < -0.39 is 0 Å². The Morgan fingerprint density at radius 1 is 1.24 bits per heavy atom. The standard InChI is InChI=1S/C17H25N3O/c1-12(2)20-14(4)17(13(3)19-20)18-10-15-7-6-8-16(9-15)11-21-5/h6-9,12,18H,10-11H2,1-5H3. The molecule has 21 heavy (non-hydrogen) atoms. The lowest BCUT2D eigenvalue weighted by Crippen LogP contribution is -2.06. The number of methoxy groups -OCH3 is 1. The molecule has 0 saturated heterocycles. The number of nitrogens with zero attached hydrogens (tertiary/aromatic N) is 2. The molecule has 0 atom stereocenters. The summed E-state index contributed by atoms with van der Waals surface area (Å²) in [6.45, 7) is 9.91. The Hall–Kier alpha value is -1.81. The van der Waals surface area contributed by atoms with Crippen LogP contribution >= 0.6 is 0 Å². The summed E-state index contributed by atoms with van der Waals surface area (Å²) in [5.41, 5.74) is 5.83. The normalized spacial score (nSPS) is 11.1. The monoisotopic (exact) mass is 287 g/mol. The van der Waals surface area contributed by atoms with Crippen LogP contribution in [0.2, 0.25) is 0 Å². The summed E-state index contributed by atoms with van der Waals surface area (Å²) in [5, 5.41) is 8.12. The average Bonchev–Trinajstić information content (AvgIpc) is 2.73. The molecule has 4 heteroatoms. The Balaban J connectivity index is 2.11. The van der Waals surface area contributed by atoms with Crippen LogP contribution in [0.1, 0.15) is 42.4 Å². The van der Waals surface area contributed by atoms with Crippen LogP contribution in [-0.2, 0) is 17.9 Å². The number of hydrogen-bond acceptors (Lipinski definition) is 3. The molecule has 0 unspecified atom stereocenters. The largest absolute Gasteiger partial charge is 0.380 e. The molecular weight excluding hydrogens is 262 g/mol. The number of hydrogen-bond donors (Lipinski definition) is 1. The molecule has 114 valence electrons. The van der Waals surface area contributed by atoms with Crippen LogP contribution in [-0.4, -0.2) is 16.9 Å². The zero-order valence-corrected chi connectivity index (χ0v) is 13.6. The Morgan fingerprint density at radius 3 is 2.57 bits per heavy atom. The Morgan fingerprint density at radius 2 is 1.95 bits per heavy atom. The molecule has 0 spiro atoms. The smallest absolute Gasteiger partial charge is 0.0828 e. The van der Waals surface area contributed by atoms with E-state index in [0.29, 0.717) is 12.6 Å². The zero-order chi connectivity index (χ0) is 15.4. The van der Waals surface area contributed by atoms with Gasteiger partial charge in [0.1, 0.15) is 0 Å². The molecule has 4 nitrogen and oxygen atoms in total. The van der Waals surface area contributed by atoms with Gasteiger partial charge in [-0.3, -0.25) is 4.68 Å². The molecule has 0 radical (unpaired) electrons. The molecule has 1 N–H and O–H groups in total. The van der Waals surface area contributed by atoms with E-state index in [4.69, 9.17) is 4.74 Å². The third-order valence-corrected chi connectivity index (χ3v) is 3.59. The van der Waals surface area contributed by atoms with Gasteiger partial charge in [-0.1, -0.05) is 24.3 Å². The van der Waals surface area contributed by atoms with Crippen molar-refractivity contribution in [3.8, 4) is 0 Å². The minimum absolute atomic E-state index is 0.379. The second kappa shape index (κ2) is 6.76. The topological polar surface area (TPSA) is 39.1 Å².